The molecule has 2 aliphatic heterocycles. The Hall–Kier alpha value is -2.43. The number of nitrogens with zero attached hydrogens (tertiary/aromatic N) is 1. The van der Waals surface area contributed by atoms with Gasteiger partial charge in [-0.2, -0.15) is 0 Å². The molecule has 132 valence electrons. The summed E-state index contributed by atoms with van der Waals surface area (Å²) >= 11 is 6.63. The molecular formula is C21H19ClNO3+. The first kappa shape index (κ1) is 17.0. The van der Waals surface area contributed by atoms with Gasteiger partial charge in [0.25, 0.3) is 5.69 Å². The monoisotopic (exact) mass is 368 g/mol. The highest BCUT2D eigenvalue weighted by molar-refractivity contribution is 6.50. The van der Waals surface area contributed by atoms with Crippen molar-refractivity contribution in [3.05, 3.63) is 81.8 Å². The Morgan fingerprint density at radius 3 is 2.77 bits per heavy atom. The van der Waals surface area contributed by atoms with E-state index in [0.29, 0.717) is 36.3 Å². The Morgan fingerprint density at radius 1 is 1.15 bits per heavy atom. The van der Waals surface area contributed by atoms with Gasteiger partial charge in [0.2, 0.25) is 6.54 Å². The number of rotatable bonds is 4. The molecule has 4 rings (SSSR count). The Morgan fingerprint density at radius 2 is 2.00 bits per heavy atom. The Balaban J connectivity index is 1.60. The zero-order valence-electron chi connectivity index (χ0n) is 14.3. The summed E-state index contributed by atoms with van der Waals surface area (Å²) in [5.41, 5.74) is 4.39. The molecule has 0 radical (unpaired) electrons. The summed E-state index contributed by atoms with van der Waals surface area (Å²) in [7, 11) is 0. The minimum atomic E-state index is 0.250. The molecular weight excluding hydrogens is 350 g/mol. The van der Waals surface area contributed by atoms with Crippen molar-refractivity contribution in [2.45, 2.75) is 13.0 Å². The predicted octanol–water partition coefficient (Wildman–Crippen LogP) is 4.99. The Kier molecular flexibility index (Phi) is 4.87. The molecule has 2 aromatic rings. The van der Waals surface area contributed by atoms with Crippen LogP contribution in [0.4, 0.5) is 5.69 Å². The van der Waals surface area contributed by atoms with Gasteiger partial charge in [0, 0.05) is 15.2 Å². The smallest absolute Gasteiger partial charge is 0.268 e. The molecule has 2 heterocycles. The van der Waals surface area contributed by atoms with Crippen molar-refractivity contribution < 1.29 is 14.2 Å². The van der Waals surface area contributed by atoms with Crippen molar-refractivity contribution in [1.82, 2.24) is 0 Å². The molecule has 2 aromatic carbocycles. The number of hydrogen-bond donors (Lipinski definition) is 0. The molecule has 0 bridgehead atoms. The largest absolute Gasteiger partial charge is 0.489 e. The van der Waals surface area contributed by atoms with Gasteiger partial charge < -0.3 is 9.47 Å². The first-order valence-corrected chi connectivity index (χ1v) is 9.02. The van der Waals surface area contributed by atoms with E-state index in [0.717, 1.165) is 33.5 Å². The van der Waals surface area contributed by atoms with Crippen LogP contribution in [0.2, 0.25) is 0 Å². The summed E-state index contributed by atoms with van der Waals surface area (Å²) in [6, 6.07) is 15.4. The maximum Gasteiger partial charge on any atom is 0.268 e. The molecule has 2 aliphatic rings. The van der Waals surface area contributed by atoms with Gasteiger partial charge in [0.15, 0.2) is 0 Å². The number of benzene rings is 2. The van der Waals surface area contributed by atoms with Gasteiger partial charge in [0.1, 0.15) is 12.4 Å². The molecule has 0 unspecified atom stereocenters. The second-order valence-corrected chi connectivity index (χ2v) is 6.71. The van der Waals surface area contributed by atoms with Gasteiger partial charge in [0.05, 0.1) is 29.9 Å². The van der Waals surface area contributed by atoms with Crippen molar-refractivity contribution in [2.24, 2.45) is 0 Å². The minimum Gasteiger partial charge on any atom is -0.489 e. The van der Waals surface area contributed by atoms with E-state index in [-0.39, 0.29) is 6.54 Å². The van der Waals surface area contributed by atoms with Crippen molar-refractivity contribution in [1.29, 1.82) is 0 Å². The van der Waals surface area contributed by atoms with E-state index in [1.165, 1.54) is 0 Å². The number of fused-ring (bicyclic) bond motifs is 1. The molecule has 4 nitrogen and oxygen atoms in total. The average molecular weight is 369 g/mol. The summed E-state index contributed by atoms with van der Waals surface area (Å²) in [5.74, 6) is 0.659. The van der Waals surface area contributed by atoms with E-state index in [1.54, 1.807) is 6.07 Å². The van der Waals surface area contributed by atoms with E-state index < -0.39 is 0 Å². The number of halogens is 1. The van der Waals surface area contributed by atoms with E-state index >= 15 is 0 Å². The maximum absolute atomic E-state index is 12.6. The first-order valence-electron chi connectivity index (χ1n) is 8.64. The molecule has 0 atom stereocenters. The molecule has 0 saturated carbocycles. The summed E-state index contributed by atoms with van der Waals surface area (Å²) in [6.45, 7) is 1.94. The fourth-order valence-corrected chi connectivity index (χ4v) is 3.58. The standard InChI is InChI=1S/C21H19ClNO3/c22-21-18-7-6-17(26-14-15-4-2-1-3-5-15)12-20(18)23(24)13-19(21)16-8-10-25-11-9-16/h1-8,12H,9-11,13-14H2/q+1. The van der Waals surface area contributed by atoms with Crippen LogP contribution in [-0.2, 0) is 11.3 Å². The zero-order valence-corrected chi connectivity index (χ0v) is 15.0. The summed E-state index contributed by atoms with van der Waals surface area (Å²) in [4.78, 5) is 12.6. The number of ether oxygens (including phenoxy) is 2. The highest BCUT2D eigenvalue weighted by Crippen LogP contribution is 2.41. The minimum absolute atomic E-state index is 0.250. The third-order valence-corrected chi connectivity index (χ3v) is 5.07. The Labute approximate surface area is 157 Å². The van der Waals surface area contributed by atoms with Gasteiger partial charge in [-0.3, -0.25) is 0 Å². The van der Waals surface area contributed by atoms with Gasteiger partial charge in [-0.15, -0.1) is 0 Å². The van der Waals surface area contributed by atoms with E-state index in [2.05, 4.69) is 0 Å². The fourth-order valence-electron chi connectivity index (χ4n) is 3.24. The molecule has 26 heavy (non-hydrogen) atoms. The zero-order chi connectivity index (χ0) is 17.9. The van der Waals surface area contributed by atoms with Crippen LogP contribution in [0.1, 0.15) is 17.5 Å². The molecule has 0 saturated heterocycles. The molecule has 0 amide bonds. The average Bonchev–Trinajstić information content (AvgIpc) is 2.70. The van der Waals surface area contributed by atoms with Crippen molar-refractivity contribution in [3.8, 4) is 5.75 Å². The fraction of sp³-hybridized carbons (Fsp3) is 0.238. The summed E-state index contributed by atoms with van der Waals surface area (Å²) in [5, 5.41) is 0.648. The Bertz CT molecular complexity index is 903. The number of nitroso groups, excluding NO2 is 1. The lowest BCUT2D eigenvalue weighted by molar-refractivity contribution is -0.454. The van der Waals surface area contributed by atoms with Gasteiger partial charge in [-0.05, 0) is 29.7 Å². The van der Waals surface area contributed by atoms with Crippen LogP contribution in [0.25, 0.3) is 5.03 Å². The topological polar surface area (TPSA) is 38.5 Å². The van der Waals surface area contributed by atoms with Crippen molar-refractivity contribution >= 4 is 22.3 Å². The maximum atomic E-state index is 12.6. The quantitative estimate of drug-likeness (QED) is 0.714. The predicted molar refractivity (Wildman–Crippen MR) is 102 cm³/mol. The van der Waals surface area contributed by atoms with Crippen LogP contribution in [0.15, 0.2) is 65.8 Å². The SMILES string of the molecule is O=[N+]1CC(C2=CCOCC2)=C(Cl)c2ccc(OCc3ccccc3)cc21. The van der Waals surface area contributed by atoms with Gasteiger partial charge in [-0.25, -0.2) is 0 Å². The van der Waals surface area contributed by atoms with E-state index in [9.17, 15) is 4.91 Å². The number of hydrogen-bond acceptors (Lipinski definition) is 3. The van der Waals surface area contributed by atoms with Crippen LogP contribution >= 0.6 is 11.6 Å². The molecule has 0 aliphatic carbocycles. The van der Waals surface area contributed by atoms with Gasteiger partial charge in [-0.1, -0.05) is 48.0 Å². The molecule has 0 fully saturated rings. The second kappa shape index (κ2) is 7.44. The highest BCUT2D eigenvalue weighted by atomic mass is 35.5. The van der Waals surface area contributed by atoms with E-state index in [4.69, 9.17) is 21.1 Å². The lowest BCUT2D eigenvalue weighted by Crippen LogP contribution is -2.18. The van der Waals surface area contributed by atoms with Crippen LogP contribution in [0.3, 0.4) is 0 Å². The lowest BCUT2D eigenvalue weighted by Gasteiger charge is -2.19. The van der Waals surface area contributed by atoms with E-state index in [1.807, 2.05) is 48.5 Å². The molecule has 0 N–H and O–H groups in total. The molecule has 0 aromatic heterocycles. The van der Waals surface area contributed by atoms with Crippen LogP contribution in [0.5, 0.6) is 5.75 Å². The summed E-state index contributed by atoms with van der Waals surface area (Å²) < 4.78 is 12.2. The third-order valence-electron chi connectivity index (χ3n) is 4.64. The normalized spacial score (nSPS) is 17.0. The molecule has 5 heteroatoms. The highest BCUT2D eigenvalue weighted by Gasteiger charge is 2.33. The first-order chi connectivity index (χ1) is 12.7. The van der Waals surface area contributed by atoms with Crippen LogP contribution < -0.4 is 4.74 Å². The third kappa shape index (κ3) is 3.43. The second-order valence-electron chi connectivity index (χ2n) is 6.34. The van der Waals surface area contributed by atoms with Crippen LogP contribution in [-0.4, -0.2) is 24.5 Å². The van der Waals surface area contributed by atoms with Crippen molar-refractivity contribution in [2.75, 3.05) is 19.8 Å². The summed E-state index contributed by atoms with van der Waals surface area (Å²) in [6.07, 6.45) is 2.80. The van der Waals surface area contributed by atoms with Crippen molar-refractivity contribution in [3.63, 3.8) is 0 Å². The lowest BCUT2D eigenvalue weighted by atomic mass is 9.95. The molecule has 0 spiro atoms. The van der Waals surface area contributed by atoms with Crippen LogP contribution in [0, 0.1) is 4.91 Å². The van der Waals surface area contributed by atoms with Gasteiger partial charge >= 0.3 is 0 Å².